The molecule has 3 amide bonds. The number of unbranched alkanes of at least 4 members (excludes halogenated alkanes) is 1. The number of carbonyl (C=O) groups excluding carboxylic acids is 4. The van der Waals surface area contributed by atoms with E-state index in [-0.39, 0.29) is 26.0 Å². The minimum absolute atomic E-state index is 0.0375. The maximum Gasteiger partial charge on any atom is 0.326 e. The second-order valence-corrected chi connectivity index (χ2v) is 8.92. The maximum absolute atomic E-state index is 12.6. The van der Waals surface area contributed by atoms with Gasteiger partial charge in [0.25, 0.3) is 0 Å². The van der Waals surface area contributed by atoms with Crippen molar-refractivity contribution in [3.8, 4) is 0 Å². The summed E-state index contributed by atoms with van der Waals surface area (Å²) < 4.78 is 4.92. The van der Waals surface area contributed by atoms with Crippen LogP contribution < -0.4 is 16.4 Å². The highest BCUT2D eigenvalue weighted by atomic mass is 32.2. The summed E-state index contributed by atoms with van der Waals surface area (Å²) in [7, 11) is 0. The number of β-lactam (4-membered cyclic amide) rings is 1. The number of carboxylic acid groups (broad SMARTS) is 2. The number of hydrogen-bond donors (Lipinski definition) is 5. The smallest absolute Gasteiger partial charge is 0.326 e. The first-order chi connectivity index (χ1) is 15.6. The van der Waals surface area contributed by atoms with E-state index in [0.29, 0.717) is 18.6 Å². The quantitative estimate of drug-likeness (QED) is 0.117. The van der Waals surface area contributed by atoms with Crippen LogP contribution >= 0.6 is 11.8 Å². The summed E-state index contributed by atoms with van der Waals surface area (Å²) in [6, 6.07) is -3.10. The van der Waals surface area contributed by atoms with Crippen molar-refractivity contribution in [1.82, 2.24) is 15.5 Å². The number of aliphatic carboxylic acids is 2. The number of nitrogens with zero attached hydrogens (tertiary/aromatic N) is 1. The lowest BCUT2D eigenvalue weighted by atomic mass is 9.94. The van der Waals surface area contributed by atoms with E-state index in [0.717, 1.165) is 0 Å². The van der Waals surface area contributed by atoms with Gasteiger partial charge < -0.3 is 36.2 Å². The summed E-state index contributed by atoms with van der Waals surface area (Å²) in [4.78, 5) is 71.2. The fourth-order valence-electron chi connectivity index (χ4n) is 3.71. The number of amides is 3. The van der Waals surface area contributed by atoms with E-state index >= 15 is 0 Å². The number of thioether (sulfide) groups is 1. The summed E-state index contributed by atoms with van der Waals surface area (Å²) in [5, 5.41) is 23.1. The van der Waals surface area contributed by atoms with Gasteiger partial charge in [-0.1, -0.05) is 6.42 Å². The van der Waals surface area contributed by atoms with Gasteiger partial charge in [-0.3, -0.25) is 19.2 Å². The Morgan fingerprint density at radius 3 is 2.48 bits per heavy atom. The number of carbonyl (C=O) groups is 6. The SMILES string of the molecule is CC(=O)OCC1CS[C@@H]2[C@H](NC(=O)CCCC[C@H](NC(=O)CN)C(=O)O)C(=O)N2C1C(=O)O. The lowest BCUT2D eigenvalue weighted by Crippen LogP contribution is -2.76. The zero-order chi connectivity index (χ0) is 24.7. The predicted molar refractivity (Wildman–Crippen MR) is 114 cm³/mol. The summed E-state index contributed by atoms with van der Waals surface area (Å²) in [6.45, 7) is 0.772. The molecule has 14 heteroatoms. The third-order valence-corrected chi connectivity index (χ3v) is 6.80. The van der Waals surface area contributed by atoms with E-state index in [9.17, 15) is 33.9 Å². The van der Waals surface area contributed by atoms with E-state index < -0.39 is 65.0 Å². The van der Waals surface area contributed by atoms with E-state index in [4.69, 9.17) is 15.6 Å². The predicted octanol–water partition coefficient (Wildman–Crippen LogP) is -1.89. The molecule has 2 unspecified atom stereocenters. The molecule has 33 heavy (non-hydrogen) atoms. The fourth-order valence-corrected chi connectivity index (χ4v) is 5.20. The van der Waals surface area contributed by atoms with Crippen LogP contribution in [0.15, 0.2) is 0 Å². The Morgan fingerprint density at radius 2 is 1.91 bits per heavy atom. The minimum atomic E-state index is -1.20. The van der Waals surface area contributed by atoms with Crippen molar-refractivity contribution in [2.24, 2.45) is 11.7 Å². The Hall–Kier alpha value is -2.87. The monoisotopic (exact) mass is 488 g/mol. The van der Waals surface area contributed by atoms with Crippen LogP contribution in [0, 0.1) is 5.92 Å². The molecule has 2 saturated heterocycles. The molecular formula is C19H28N4O9S. The second kappa shape index (κ2) is 11.8. The summed E-state index contributed by atoms with van der Waals surface area (Å²) in [5.74, 6) is -4.68. The molecule has 0 spiro atoms. The van der Waals surface area contributed by atoms with Crippen LogP contribution in [-0.2, 0) is 33.5 Å². The molecule has 0 radical (unpaired) electrons. The van der Waals surface area contributed by atoms with E-state index in [1.54, 1.807) is 0 Å². The van der Waals surface area contributed by atoms with Crippen molar-refractivity contribution in [3.05, 3.63) is 0 Å². The van der Waals surface area contributed by atoms with Gasteiger partial charge in [0, 0.05) is 25.0 Å². The number of fused-ring (bicyclic) bond motifs is 1. The zero-order valence-electron chi connectivity index (χ0n) is 18.0. The first-order valence-corrected chi connectivity index (χ1v) is 11.4. The van der Waals surface area contributed by atoms with Gasteiger partial charge in [0.15, 0.2) is 0 Å². The van der Waals surface area contributed by atoms with Crippen molar-refractivity contribution >= 4 is 47.4 Å². The lowest BCUT2D eigenvalue weighted by molar-refractivity contribution is -0.167. The van der Waals surface area contributed by atoms with Gasteiger partial charge in [-0.05, 0) is 12.8 Å². The van der Waals surface area contributed by atoms with Gasteiger partial charge in [-0.15, -0.1) is 11.8 Å². The van der Waals surface area contributed by atoms with Crippen molar-refractivity contribution in [2.45, 2.75) is 56.1 Å². The van der Waals surface area contributed by atoms with Crippen LogP contribution in [0.2, 0.25) is 0 Å². The third kappa shape index (κ3) is 6.81. The number of carboxylic acids is 2. The van der Waals surface area contributed by atoms with Crippen molar-refractivity contribution < 1.29 is 43.7 Å². The van der Waals surface area contributed by atoms with Gasteiger partial charge in [0.2, 0.25) is 17.7 Å². The Kier molecular flexibility index (Phi) is 9.46. The molecule has 6 N–H and O–H groups in total. The van der Waals surface area contributed by atoms with Crippen LogP contribution in [0.4, 0.5) is 0 Å². The molecule has 5 atom stereocenters. The molecule has 0 aromatic heterocycles. The highest BCUT2D eigenvalue weighted by Gasteiger charge is 2.57. The third-order valence-electron chi connectivity index (χ3n) is 5.34. The summed E-state index contributed by atoms with van der Waals surface area (Å²) in [5.41, 5.74) is 5.15. The van der Waals surface area contributed by atoms with Crippen molar-refractivity contribution in [3.63, 3.8) is 0 Å². The summed E-state index contributed by atoms with van der Waals surface area (Å²) >= 11 is 1.31. The van der Waals surface area contributed by atoms with Gasteiger partial charge in [0.1, 0.15) is 23.5 Å². The minimum Gasteiger partial charge on any atom is -0.480 e. The molecule has 184 valence electrons. The Labute approximate surface area is 193 Å². The zero-order valence-corrected chi connectivity index (χ0v) is 18.8. The molecule has 0 aliphatic carbocycles. The first-order valence-electron chi connectivity index (χ1n) is 10.4. The van der Waals surface area contributed by atoms with Crippen LogP contribution in [0.25, 0.3) is 0 Å². The summed E-state index contributed by atoms with van der Waals surface area (Å²) in [6.07, 6.45) is 0.832. The number of nitrogens with two attached hydrogens (primary N) is 1. The highest BCUT2D eigenvalue weighted by molar-refractivity contribution is 8.00. The van der Waals surface area contributed by atoms with E-state index in [1.807, 2.05) is 0 Å². The maximum atomic E-state index is 12.6. The molecule has 2 aliphatic rings. The topological polar surface area (TPSA) is 205 Å². The fraction of sp³-hybridized carbons (Fsp3) is 0.684. The Balaban J connectivity index is 1.82. The normalized spacial score (nSPS) is 24.7. The number of rotatable bonds is 12. The van der Waals surface area contributed by atoms with Crippen LogP contribution in [0.1, 0.15) is 32.6 Å². The van der Waals surface area contributed by atoms with Crippen LogP contribution in [0.3, 0.4) is 0 Å². The van der Waals surface area contributed by atoms with Crippen LogP contribution in [-0.4, -0.2) is 93.1 Å². The second-order valence-electron chi connectivity index (χ2n) is 7.77. The average Bonchev–Trinajstić information content (AvgIpc) is 2.76. The standard InChI is InChI=1S/C19H28N4O9S/c1-9(24)32-7-10-8-33-17-14(16(27)23(17)15(10)19(30)31)22-12(25)5-3-2-4-11(18(28)29)21-13(26)6-20/h10-11,14-15,17H,2-8,20H2,1H3,(H,21,26)(H,22,25)(H,28,29)(H,30,31)/t10?,11-,14+,15?,17+/m0/s1. The molecule has 13 nitrogen and oxygen atoms in total. The molecular weight excluding hydrogens is 460 g/mol. The number of hydrogen-bond acceptors (Lipinski definition) is 9. The van der Waals surface area contributed by atoms with E-state index in [2.05, 4.69) is 10.6 Å². The van der Waals surface area contributed by atoms with E-state index in [1.165, 1.54) is 23.6 Å². The highest BCUT2D eigenvalue weighted by Crippen LogP contribution is 2.40. The lowest BCUT2D eigenvalue weighted by Gasteiger charge is -2.54. The Bertz CT molecular complexity index is 808. The molecule has 0 aromatic rings. The largest absolute Gasteiger partial charge is 0.480 e. The van der Waals surface area contributed by atoms with Crippen LogP contribution in [0.5, 0.6) is 0 Å². The molecule has 0 bridgehead atoms. The molecule has 0 aromatic carbocycles. The van der Waals surface area contributed by atoms with Gasteiger partial charge >= 0.3 is 17.9 Å². The molecule has 2 heterocycles. The Morgan fingerprint density at radius 1 is 1.21 bits per heavy atom. The van der Waals surface area contributed by atoms with Gasteiger partial charge in [-0.25, -0.2) is 9.59 Å². The number of nitrogens with one attached hydrogen (secondary N) is 2. The molecule has 0 saturated carbocycles. The van der Waals surface area contributed by atoms with Gasteiger partial charge in [0.05, 0.1) is 13.2 Å². The molecule has 2 fully saturated rings. The molecule has 2 rings (SSSR count). The first kappa shape index (κ1) is 26.4. The number of esters is 1. The van der Waals surface area contributed by atoms with Gasteiger partial charge in [-0.2, -0.15) is 0 Å². The van der Waals surface area contributed by atoms with Crippen molar-refractivity contribution in [2.75, 3.05) is 18.9 Å². The average molecular weight is 489 g/mol. The van der Waals surface area contributed by atoms with Crippen molar-refractivity contribution in [1.29, 1.82) is 0 Å². The number of ether oxygens (including phenoxy) is 1. The molecule has 2 aliphatic heterocycles.